The van der Waals surface area contributed by atoms with E-state index in [1.165, 1.54) is 0 Å². The van der Waals surface area contributed by atoms with Crippen LogP contribution in [-0.4, -0.2) is 57.6 Å². The normalized spacial score (nSPS) is 16.8. The average Bonchev–Trinajstić information content (AvgIpc) is 3.12. The second kappa shape index (κ2) is 6.67. The molecular weight excluding hydrogens is 341 g/mol. The molecule has 3 heterocycles. The maximum Gasteiger partial charge on any atom is 0.445 e. The van der Waals surface area contributed by atoms with Gasteiger partial charge in [0, 0.05) is 38.4 Å². The first-order valence-corrected chi connectivity index (χ1v) is 8.53. The zero-order chi connectivity index (χ0) is 17.3. The molecule has 1 aliphatic rings. The second-order valence-corrected chi connectivity index (χ2v) is 6.82. The molecule has 2 aromatic rings. The van der Waals surface area contributed by atoms with Gasteiger partial charge in [-0.05, 0) is 19.9 Å². The quantitative estimate of drug-likeness (QED) is 0.837. The van der Waals surface area contributed by atoms with Crippen molar-refractivity contribution in [2.45, 2.75) is 26.6 Å². The Hall–Kier alpha value is -1.68. The molecule has 1 saturated heterocycles. The Labute approximate surface area is 141 Å². The number of aromatic nitrogens is 4. The summed E-state index contributed by atoms with van der Waals surface area (Å²) in [5.41, 5.74) is 2.15. The van der Waals surface area contributed by atoms with Crippen LogP contribution < -0.4 is 4.90 Å². The van der Waals surface area contributed by atoms with E-state index < -0.39 is 11.2 Å². The monoisotopic (exact) mass is 360 g/mol. The number of rotatable bonds is 4. The van der Waals surface area contributed by atoms with E-state index in [2.05, 4.69) is 20.2 Å². The van der Waals surface area contributed by atoms with Gasteiger partial charge in [0.15, 0.2) is 0 Å². The second-order valence-electron chi connectivity index (χ2n) is 5.87. The lowest BCUT2D eigenvalue weighted by Gasteiger charge is -2.34. The van der Waals surface area contributed by atoms with E-state index in [1.54, 1.807) is 0 Å². The molecule has 24 heavy (non-hydrogen) atoms. The number of anilines is 1. The van der Waals surface area contributed by atoms with Gasteiger partial charge in [-0.15, -0.1) is 10.2 Å². The zero-order valence-electron chi connectivity index (χ0n) is 13.5. The van der Waals surface area contributed by atoms with Crippen molar-refractivity contribution in [3.8, 4) is 0 Å². The third-order valence-corrected chi connectivity index (χ3v) is 5.06. The molecule has 0 saturated carbocycles. The molecule has 0 amide bonds. The summed E-state index contributed by atoms with van der Waals surface area (Å²) in [4.78, 5) is 4.16. The standard InChI is InChI=1S/C14H19F3N6S/c1-10-9-11(2)23(20-10)8-5-21-3-6-22(7-4-21)13-19-18-12(24-13)14(15,16)17/h9H,3-8H2,1-2H3. The van der Waals surface area contributed by atoms with E-state index in [-0.39, 0.29) is 0 Å². The van der Waals surface area contributed by atoms with Gasteiger partial charge in [0.2, 0.25) is 10.1 Å². The minimum Gasteiger partial charge on any atom is -0.344 e. The molecule has 0 bridgehead atoms. The van der Waals surface area contributed by atoms with Crippen LogP contribution in [0, 0.1) is 13.8 Å². The van der Waals surface area contributed by atoms with Gasteiger partial charge in [-0.3, -0.25) is 9.58 Å². The molecule has 0 spiro atoms. The molecule has 2 aromatic heterocycles. The Kier molecular flexibility index (Phi) is 4.77. The highest BCUT2D eigenvalue weighted by molar-refractivity contribution is 7.15. The van der Waals surface area contributed by atoms with Crippen LogP contribution >= 0.6 is 11.3 Å². The molecular formula is C14H19F3N6S. The topological polar surface area (TPSA) is 50.1 Å². The van der Waals surface area contributed by atoms with Gasteiger partial charge in [0.25, 0.3) is 0 Å². The molecule has 0 radical (unpaired) electrons. The number of halogens is 3. The van der Waals surface area contributed by atoms with Crippen molar-refractivity contribution >= 4 is 16.5 Å². The van der Waals surface area contributed by atoms with Crippen LogP contribution in [0.25, 0.3) is 0 Å². The van der Waals surface area contributed by atoms with Crippen LogP contribution in [0.4, 0.5) is 18.3 Å². The summed E-state index contributed by atoms with van der Waals surface area (Å²) in [7, 11) is 0. The van der Waals surface area contributed by atoms with Gasteiger partial charge < -0.3 is 4.90 Å². The number of nitrogens with zero attached hydrogens (tertiary/aromatic N) is 6. The Bertz CT molecular complexity index is 687. The fourth-order valence-electron chi connectivity index (χ4n) is 2.76. The summed E-state index contributed by atoms with van der Waals surface area (Å²) in [5.74, 6) is 0. The highest BCUT2D eigenvalue weighted by atomic mass is 32.1. The van der Waals surface area contributed by atoms with Crippen molar-refractivity contribution in [1.82, 2.24) is 24.9 Å². The predicted molar refractivity (Wildman–Crippen MR) is 85.3 cm³/mol. The summed E-state index contributed by atoms with van der Waals surface area (Å²) in [6.07, 6.45) is -4.42. The smallest absolute Gasteiger partial charge is 0.344 e. The third-order valence-electron chi connectivity index (χ3n) is 4.03. The number of hydrogen-bond donors (Lipinski definition) is 0. The maximum atomic E-state index is 12.6. The summed E-state index contributed by atoms with van der Waals surface area (Å²) in [6.45, 7) is 8.59. The summed E-state index contributed by atoms with van der Waals surface area (Å²) >= 11 is 0.609. The lowest BCUT2D eigenvalue weighted by molar-refractivity contribution is -0.138. The Morgan fingerprint density at radius 1 is 1.08 bits per heavy atom. The van der Waals surface area contributed by atoms with Gasteiger partial charge in [0.05, 0.1) is 12.2 Å². The molecule has 1 aliphatic heterocycles. The lowest BCUT2D eigenvalue weighted by atomic mass is 10.3. The molecule has 6 nitrogen and oxygen atoms in total. The van der Waals surface area contributed by atoms with Crippen molar-refractivity contribution in [3.05, 3.63) is 22.5 Å². The molecule has 0 atom stereocenters. The first kappa shape index (κ1) is 17.2. The fourth-order valence-corrected chi connectivity index (χ4v) is 3.52. The van der Waals surface area contributed by atoms with Crippen LogP contribution in [-0.2, 0) is 12.7 Å². The van der Waals surface area contributed by atoms with Crippen LogP contribution in [0.1, 0.15) is 16.4 Å². The highest BCUT2D eigenvalue weighted by Crippen LogP contribution is 2.34. The van der Waals surface area contributed by atoms with Crippen molar-refractivity contribution in [1.29, 1.82) is 0 Å². The summed E-state index contributed by atoms with van der Waals surface area (Å²) < 4.78 is 39.8. The van der Waals surface area contributed by atoms with Crippen molar-refractivity contribution in [2.24, 2.45) is 0 Å². The highest BCUT2D eigenvalue weighted by Gasteiger charge is 2.36. The first-order chi connectivity index (χ1) is 11.3. The third kappa shape index (κ3) is 3.86. The number of alkyl halides is 3. The fraction of sp³-hybridized carbons (Fsp3) is 0.643. The molecule has 0 N–H and O–H groups in total. The van der Waals surface area contributed by atoms with Gasteiger partial charge in [0.1, 0.15) is 0 Å². The minimum atomic E-state index is -4.42. The summed E-state index contributed by atoms with van der Waals surface area (Å²) in [5, 5.41) is 10.8. The molecule has 0 aliphatic carbocycles. The first-order valence-electron chi connectivity index (χ1n) is 7.72. The van der Waals surface area contributed by atoms with Crippen LogP contribution in [0.5, 0.6) is 0 Å². The van der Waals surface area contributed by atoms with Crippen LogP contribution in [0.3, 0.4) is 0 Å². The van der Waals surface area contributed by atoms with Crippen molar-refractivity contribution in [3.63, 3.8) is 0 Å². The Morgan fingerprint density at radius 2 is 1.79 bits per heavy atom. The van der Waals surface area contributed by atoms with Gasteiger partial charge in [-0.2, -0.15) is 18.3 Å². The van der Waals surface area contributed by atoms with Crippen molar-refractivity contribution < 1.29 is 13.2 Å². The van der Waals surface area contributed by atoms with Crippen molar-refractivity contribution in [2.75, 3.05) is 37.6 Å². The molecule has 0 unspecified atom stereocenters. The van der Waals surface area contributed by atoms with E-state index >= 15 is 0 Å². The maximum absolute atomic E-state index is 12.6. The largest absolute Gasteiger partial charge is 0.445 e. The summed E-state index contributed by atoms with van der Waals surface area (Å²) in [6, 6.07) is 2.05. The molecule has 10 heteroatoms. The van der Waals surface area contributed by atoms with Gasteiger partial charge >= 0.3 is 6.18 Å². The molecule has 1 fully saturated rings. The van der Waals surface area contributed by atoms with Crippen LogP contribution in [0.2, 0.25) is 0 Å². The van der Waals surface area contributed by atoms with Crippen LogP contribution in [0.15, 0.2) is 6.07 Å². The van der Waals surface area contributed by atoms with E-state index in [4.69, 9.17) is 0 Å². The zero-order valence-corrected chi connectivity index (χ0v) is 14.4. The SMILES string of the molecule is Cc1cc(C)n(CCN2CCN(c3nnc(C(F)(F)F)s3)CC2)n1. The molecule has 3 rings (SSSR count). The number of aryl methyl sites for hydroxylation is 2. The Morgan fingerprint density at radius 3 is 2.33 bits per heavy atom. The average molecular weight is 360 g/mol. The minimum absolute atomic E-state index is 0.348. The van der Waals surface area contributed by atoms with E-state index in [0.29, 0.717) is 29.6 Å². The van der Waals surface area contributed by atoms with Gasteiger partial charge in [-0.1, -0.05) is 11.3 Å². The van der Waals surface area contributed by atoms with E-state index in [0.717, 1.165) is 37.6 Å². The molecule has 0 aromatic carbocycles. The lowest BCUT2D eigenvalue weighted by Crippen LogP contribution is -2.47. The molecule has 132 valence electrons. The number of piperazine rings is 1. The Balaban J connectivity index is 1.50. The number of hydrogen-bond acceptors (Lipinski definition) is 6. The predicted octanol–water partition coefficient (Wildman–Crippen LogP) is 2.19. The van der Waals surface area contributed by atoms with E-state index in [9.17, 15) is 13.2 Å². The van der Waals surface area contributed by atoms with E-state index in [1.807, 2.05) is 29.5 Å². The van der Waals surface area contributed by atoms with Gasteiger partial charge in [-0.25, -0.2) is 0 Å².